The number of nitro benzene ring substituents is 1. The van der Waals surface area contributed by atoms with Gasteiger partial charge in [-0.05, 0) is 38.7 Å². The van der Waals surface area contributed by atoms with Crippen molar-refractivity contribution < 1.29 is 13.3 Å². The zero-order chi connectivity index (χ0) is 16.4. The Balaban J connectivity index is 3.20. The molecule has 1 aromatic rings. The maximum atomic E-state index is 12.3. The molecule has 0 amide bonds. The Bertz CT molecular complexity index is 659. The monoisotopic (exact) mass is 352 g/mol. The number of sulfonamides is 1. The van der Waals surface area contributed by atoms with Gasteiger partial charge in [0.1, 0.15) is 5.02 Å². The molecule has 0 aromatic heterocycles. The van der Waals surface area contributed by atoms with Gasteiger partial charge < -0.3 is 0 Å². The topological polar surface area (TPSA) is 89.3 Å². The zero-order valence-corrected chi connectivity index (χ0v) is 14.5. The number of hydrogen-bond donors (Lipinski definition) is 1. The van der Waals surface area contributed by atoms with Crippen molar-refractivity contribution in [3.63, 3.8) is 0 Å². The molecule has 0 bridgehead atoms. The minimum atomic E-state index is -3.83. The Morgan fingerprint density at radius 3 is 2.48 bits per heavy atom. The van der Waals surface area contributed by atoms with Gasteiger partial charge in [0, 0.05) is 17.4 Å². The summed E-state index contributed by atoms with van der Waals surface area (Å²) < 4.78 is 26.8. The van der Waals surface area contributed by atoms with Gasteiger partial charge >= 0.3 is 0 Å². The molecular formula is C12H17ClN2O4S2. The number of halogens is 1. The molecule has 0 atom stereocenters. The van der Waals surface area contributed by atoms with E-state index in [1.54, 1.807) is 6.92 Å². The van der Waals surface area contributed by atoms with Gasteiger partial charge in [-0.25, -0.2) is 13.1 Å². The first-order valence-electron chi connectivity index (χ1n) is 5.99. The largest absolute Gasteiger partial charge is 0.289 e. The third kappa shape index (κ3) is 4.57. The zero-order valence-electron chi connectivity index (χ0n) is 12.1. The van der Waals surface area contributed by atoms with Crippen molar-refractivity contribution in [3.05, 3.63) is 32.8 Å². The van der Waals surface area contributed by atoms with E-state index in [2.05, 4.69) is 4.72 Å². The lowest BCUT2D eigenvalue weighted by Crippen LogP contribution is -2.36. The first kappa shape index (κ1) is 18.2. The van der Waals surface area contributed by atoms with E-state index in [9.17, 15) is 18.5 Å². The van der Waals surface area contributed by atoms with Gasteiger partial charge in [0.25, 0.3) is 5.69 Å². The Labute approximate surface area is 133 Å². The van der Waals surface area contributed by atoms with E-state index in [1.165, 1.54) is 17.8 Å². The maximum absolute atomic E-state index is 12.3. The minimum absolute atomic E-state index is 0.0825. The van der Waals surface area contributed by atoms with Crippen LogP contribution in [0.5, 0.6) is 0 Å². The third-order valence-corrected chi connectivity index (χ3v) is 6.07. The van der Waals surface area contributed by atoms with Gasteiger partial charge in [-0.3, -0.25) is 10.1 Å². The summed E-state index contributed by atoms with van der Waals surface area (Å²) in [6, 6.07) is 2.28. The van der Waals surface area contributed by atoms with Gasteiger partial charge in [0.05, 0.1) is 9.82 Å². The lowest BCUT2D eigenvalue weighted by atomic mass is 10.2. The Morgan fingerprint density at radius 2 is 2.00 bits per heavy atom. The molecule has 0 spiro atoms. The van der Waals surface area contributed by atoms with Crippen molar-refractivity contribution >= 4 is 39.1 Å². The van der Waals surface area contributed by atoms with Gasteiger partial charge in [-0.1, -0.05) is 11.6 Å². The highest BCUT2D eigenvalue weighted by Gasteiger charge is 2.26. The van der Waals surface area contributed by atoms with E-state index in [-0.39, 0.29) is 21.2 Å². The molecule has 0 fully saturated rings. The highest BCUT2D eigenvalue weighted by molar-refractivity contribution is 8.00. The lowest BCUT2D eigenvalue weighted by Gasteiger charge is -2.22. The lowest BCUT2D eigenvalue weighted by molar-refractivity contribution is -0.384. The smallest absolute Gasteiger partial charge is 0.258 e. The molecular weight excluding hydrogens is 336 g/mol. The van der Waals surface area contributed by atoms with Crippen molar-refractivity contribution in [1.29, 1.82) is 0 Å². The van der Waals surface area contributed by atoms with Gasteiger partial charge in [0.2, 0.25) is 10.0 Å². The molecule has 0 radical (unpaired) electrons. The van der Waals surface area contributed by atoms with Crippen molar-refractivity contribution in [1.82, 2.24) is 4.72 Å². The van der Waals surface area contributed by atoms with Crippen molar-refractivity contribution in [2.75, 3.05) is 12.8 Å². The Hall–Kier alpha value is -0.830. The summed E-state index contributed by atoms with van der Waals surface area (Å²) in [4.78, 5) is 10.0. The molecule has 0 aliphatic carbocycles. The van der Waals surface area contributed by atoms with Crippen LogP contribution in [-0.2, 0) is 10.0 Å². The predicted molar refractivity (Wildman–Crippen MR) is 85.6 cm³/mol. The van der Waals surface area contributed by atoms with Crippen LogP contribution >= 0.6 is 23.4 Å². The molecule has 6 nitrogen and oxygen atoms in total. The molecule has 0 aliphatic heterocycles. The second kappa shape index (κ2) is 6.51. The molecule has 0 heterocycles. The molecule has 0 saturated heterocycles. The standard InChI is InChI=1S/C12H17ClN2O4S2/c1-8-5-9(13)10(15(16)17)6-11(8)21(18,19)14-7-12(2,3)20-4/h5-6,14H,7H2,1-4H3. The SMILES string of the molecule is CSC(C)(C)CNS(=O)(=O)c1cc([N+](=O)[O-])c(Cl)cc1C. The molecule has 0 aliphatic rings. The van der Waals surface area contributed by atoms with Crippen molar-refractivity contribution in [2.24, 2.45) is 0 Å². The van der Waals surface area contributed by atoms with Crippen LogP contribution in [0.15, 0.2) is 17.0 Å². The number of nitrogens with zero attached hydrogens (tertiary/aromatic N) is 1. The highest BCUT2D eigenvalue weighted by Crippen LogP contribution is 2.30. The summed E-state index contributed by atoms with van der Waals surface area (Å²) in [6.45, 7) is 5.56. The minimum Gasteiger partial charge on any atom is -0.258 e. The summed E-state index contributed by atoms with van der Waals surface area (Å²) in [5.41, 5.74) is -0.0631. The van der Waals surface area contributed by atoms with Crippen LogP contribution in [0, 0.1) is 17.0 Å². The number of benzene rings is 1. The van der Waals surface area contributed by atoms with Crippen molar-refractivity contribution in [3.8, 4) is 0 Å². The third-order valence-electron chi connectivity index (χ3n) is 2.97. The van der Waals surface area contributed by atoms with Crippen LogP contribution in [0.2, 0.25) is 5.02 Å². The quantitative estimate of drug-likeness (QED) is 0.628. The first-order valence-corrected chi connectivity index (χ1v) is 9.08. The molecule has 21 heavy (non-hydrogen) atoms. The predicted octanol–water partition coefficient (Wildman–Crippen LogP) is 2.98. The van der Waals surface area contributed by atoms with Gasteiger partial charge in [0.15, 0.2) is 0 Å². The van der Waals surface area contributed by atoms with Crippen LogP contribution in [-0.4, -0.2) is 30.9 Å². The molecule has 1 aromatic carbocycles. The van der Waals surface area contributed by atoms with Gasteiger partial charge in [-0.15, -0.1) is 0 Å². The second-order valence-electron chi connectivity index (χ2n) is 5.11. The maximum Gasteiger partial charge on any atom is 0.289 e. The highest BCUT2D eigenvalue weighted by atomic mass is 35.5. The number of hydrogen-bond acceptors (Lipinski definition) is 5. The van der Waals surface area contributed by atoms with E-state index >= 15 is 0 Å². The fourth-order valence-electron chi connectivity index (χ4n) is 1.49. The number of thioether (sulfide) groups is 1. The van der Waals surface area contributed by atoms with Crippen LogP contribution in [0.3, 0.4) is 0 Å². The number of rotatable bonds is 6. The van der Waals surface area contributed by atoms with Crippen molar-refractivity contribution in [2.45, 2.75) is 30.4 Å². The van der Waals surface area contributed by atoms with Gasteiger partial charge in [-0.2, -0.15) is 11.8 Å². The molecule has 1 N–H and O–H groups in total. The summed E-state index contributed by atoms with van der Waals surface area (Å²) >= 11 is 7.28. The molecule has 118 valence electrons. The molecule has 0 saturated carbocycles. The molecule has 1 rings (SSSR count). The van der Waals surface area contributed by atoms with Crippen LogP contribution < -0.4 is 4.72 Å². The fraction of sp³-hybridized carbons (Fsp3) is 0.500. The van der Waals surface area contributed by atoms with E-state index in [0.717, 1.165) is 6.07 Å². The average molecular weight is 353 g/mol. The van der Waals surface area contributed by atoms with Crippen LogP contribution in [0.4, 0.5) is 5.69 Å². The van der Waals surface area contributed by atoms with E-state index in [4.69, 9.17) is 11.6 Å². The summed E-state index contributed by atoms with van der Waals surface area (Å²) in [6.07, 6.45) is 1.88. The number of nitro groups is 1. The summed E-state index contributed by atoms with van der Waals surface area (Å²) in [7, 11) is -3.83. The number of nitrogens with one attached hydrogen (secondary N) is 1. The summed E-state index contributed by atoms with van der Waals surface area (Å²) in [5, 5.41) is 10.8. The Kier molecular flexibility index (Phi) is 5.65. The first-order chi connectivity index (χ1) is 9.50. The normalized spacial score (nSPS) is 12.4. The summed E-state index contributed by atoms with van der Waals surface area (Å²) in [5.74, 6) is 0. The average Bonchev–Trinajstić information content (AvgIpc) is 2.36. The van der Waals surface area contributed by atoms with E-state index < -0.39 is 20.6 Å². The van der Waals surface area contributed by atoms with Crippen LogP contribution in [0.1, 0.15) is 19.4 Å². The Morgan fingerprint density at radius 1 is 1.43 bits per heavy atom. The van der Waals surface area contributed by atoms with E-state index in [1.807, 2.05) is 20.1 Å². The van der Waals surface area contributed by atoms with Crippen LogP contribution in [0.25, 0.3) is 0 Å². The molecule has 0 unspecified atom stereocenters. The second-order valence-corrected chi connectivity index (χ2v) is 8.77. The number of aryl methyl sites for hydroxylation is 1. The van der Waals surface area contributed by atoms with E-state index in [0.29, 0.717) is 5.56 Å². The fourth-order valence-corrected chi connectivity index (χ4v) is 3.54. The molecule has 9 heteroatoms.